The van der Waals surface area contributed by atoms with Gasteiger partial charge in [0.2, 0.25) is 0 Å². The van der Waals surface area contributed by atoms with Gasteiger partial charge in [-0.2, -0.15) is 0 Å². The van der Waals surface area contributed by atoms with Gasteiger partial charge in [0.15, 0.2) is 0 Å². The Morgan fingerprint density at radius 2 is 1.73 bits per heavy atom. The zero-order valence-corrected chi connectivity index (χ0v) is 17.7. The van der Waals surface area contributed by atoms with Crippen LogP contribution in [0.1, 0.15) is 54.2 Å². The molecule has 0 amide bonds. The van der Waals surface area contributed by atoms with Crippen molar-refractivity contribution >= 4 is 34.4 Å². The quantitative estimate of drug-likeness (QED) is 0.576. The third kappa shape index (κ3) is 3.08. The fourth-order valence-corrected chi connectivity index (χ4v) is 5.16. The second kappa shape index (κ2) is 7.47. The van der Waals surface area contributed by atoms with Crippen LogP contribution in [0.3, 0.4) is 0 Å². The van der Waals surface area contributed by atoms with Crippen LogP contribution < -0.4 is 0 Å². The second-order valence-corrected chi connectivity index (χ2v) is 8.73. The van der Waals surface area contributed by atoms with E-state index in [1.807, 2.05) is 0 Å². The van der Waals surface area contributed by atoms with Crippen molar-refractivity contribution in [1.29, 1.82) is 0 Å². The lowest BCUT2D eigenvalue weighted by Crippen LogP contribution is -2.40. The van der Waals surface area contributed by atoms with Crippen molar-refractivity contribution in [2.24, 2.45) is 5.92 Å². The lowest BCUT2D eigenvalue weighted by atomic mass is 9.70. The number of carbonyl (C=O) groups excluding carboxylic acids is 1. The minimum Gasteiger partial charge on any atom is -0.508 e. The summed E-state index contributed by atoms with van der Waals surface area (Å²) in [5.41, 5.74) is 1.09. The first-order chi connectivity index (χ1) is 14.2. The molecule has 156 valence electrons. The van der Waals surface area contributed by atoms with Gasteiger partial charge < -0.3 is 10.2 Å². The Labute approximate surface area is 179 Å². The van der Waals surface area contributed by atoms with Crippen LogP contribution >= 0.6 is 11.6 Å². The number of carboxylic acid groups (broad SMARTS) is 1. The summed E-state index contributed by atoms with van der Waals surface area (Å²) in [6.07, 6.45) is 3.66. The van der Waals surface area contributed by atoms with Gasteiger partial charge in [0.1, 0.15) is 5.75 Å². The van der Waals surface area contributed by atoms with Crippen molar-refractivity contribution in [2.75, 3.05) is 0 Å². The summed E-state index contributed by atoms with van der Waals surface area (Å²) >= 11 is 5.97. The number of carbonyl (C=O) groups is 2. The predicted molar refractivity (Wildman–Crippen MR) is 116 cm³/mol. The van der Waals surface area contributed by atoms with Crippen LogP contribution in [0.4, 0.5) is 0 Å². The van der Waals surface area contributed by atoms with Crippen molar-refractivity contribution in [1.82, 2.24) is 4.57 Å². The lowest BCUT2D eigenvalue weighted by molar-refractivity contribution is -0.145. The number of nitrogens with zero attached hydrogens (tertiary/aromatic N) is 1. The Morgan fingerprint density at radius 3 is 2.33 bits per heavy atom. The Morgan fingerprint density at radius 1 is 1.10 bits per heavy atom. The molecule has 4 rings (SSSR count). The van der Waals surface area contributed by atoms with E-state index in [1.165, 1.54) is 6.07 Å². The van der Waals surface area contributed by atoms with Gasteiger partial charge in [-0.3, -0.25) is 14.2 Å². The maximum absolute atomic E-state index is 13.4. The maximum Gasteiger partial charge on any atom is 0.314 e. The molecule has 0 saturated heterocycles. The Balaban J connectivity index is 2.00. The van der Waals surface area contributed by atoms with Crippen LogP contribution in [0, 0.1) is 12.8 Å². The molecule has 6 heteroatoms. The molecule has 0 bridgehead atoms. The molecule has 0 aliphatic heterocycles. The molecule has 0 unspecified atom stereocenters. The normalized spacial score (nSPS) is 16.6. The highest BCUT2D eigenvalue weighted by Gasteiger charge is 2.47. The van der Waals surface area contributed by atoms with Gasteiger partial charge >= 0.3 is 5.97 Å². The highest BCUT2D eigenvalue weighted by molar-refractivity contribution is 6.30. The highest BCUT2D eigenvalue weighted by atomic mass is 35.5. The molecule has 1 aliphatic rings. The van der Waals surface area contributed by atoms with Crippen LogP contribution in [0.5, 0.6) is 5.75 Å². The number of phenolic OH excluding ortho intramolecular Hbond substituents is 1. The Hall–Kier alpha value is -2.79. The Kier molecular flexibility index (Phi) is 5.10. The molecule has 1 heterocycles. The highest BCUT2D eigenvalue weighted by Crippen LogP contribution is 2.47. The average Bonchev–Trinajstić information content (AvgIpc) is 3.34. The van der Waals surface area contributed by atoms with E-state index in [-0.39, 0.29) is 17.6 Å². The molecule has 1 fully saturated rings. The zero-order chi connectivity index (χ0) is 21.6. The molecule has 3 aromatic rings. The number of rotatable bonds is 4. The molecule has 0 radical (unpaired) electrons. The van der Waals surface area contributed by atoms with Crippen molar-refractivity contribution in [3.8, 4) is 5.75 Å². The minimum absolute atomic E-state index is 0.0271. The first kappa shape index (κ1) is 20.5. The van der Waals surface area contributed by atoms with Crippen molar-refractivity contribution in [3.05, 3.63) is 64.3 Å². The van der Waals surface area contributed by atoms with Gasteiger partial charge in [-0.15, -0.1) is 0 Å². The molecule has 0 spiro atoms. The van der Waals surface area contributed by atoms with Crippen molar-refractivity contribution in [2.45, 2.75) is 44.9 Å². The SMILES string of the molecule is Cc1c([C@@](C)(C(=O)O)C2CCCC2)c2cc(O)ccc2n1C(=O)c1ccc(Cl)cc1. The van der Waals surface area contributed by atoms with Gasteiger partial charge in [0, 0.05) is 21.7 Å². The second-order valence-electron chi connectivity index (χ2n) is 8.30. The summed E-state index contributed by atoms with van der Waals surface area (Å²) in [5, 5.41) is 21.6. The summed E-state index contributed by atoms with van der Waals surface area (Å²) in [4.78, 5) is 26.0. The van der Waals surface area contributed by atoms with Gasteiger partial charge in [0.05, 0.1) is 10.9 Å². The molecule has 1 atom stereocenters. The summed E-state index contributed by atoms with van der Waals surface area (Å²) < 4.78 is 1.56. The number of aliphatic carboxylic acids is 1. The molecule has 1 saturated carbocycles. The van der Waals surface area contributed by atoms with Crippen LogP contribution in [0.15, 0.2) is 42.5 Å². The molecular formula is C24H24ClNO4. The van der Waals surface area contributed by atoms with Crippen LogP contribution in [0.2, 0.25) is 5.02 Å². The Bertz CT molecular complexity index is 1140. The average molecular weight is 426 g/mol. The van der Waals surface area contributed by atoms with E-state index in [9.17, 15) is 19.8 Å². The predicted octanol–water partition coefficient (Wildman–Crippen LogP) is 5.53. The number of phenols is 1. The zero-order valence-electron chi connectivity index (χ0n) is 17.0. The largest absolute Gasteiger partial charge is 0.508 e. The van der Waals surface area contributed by atoms with E-state index in [2.05, 4.69) is 0 Å². The van der Waals surface area contributed by atoms with Crippen molar-refractivity contribution < 1.29 is 19.8 Å². The number of aromatic nitrogens is 1. The standard InChI is InChI=1S/C24H24ClNO4/c1-14-21(24(2,23(29)30)16-5-3-4-6-16)19-13-18(27)11-12-20(19)26(14)22(28)15-7-9-17(25)10-8-15/h7-13,16,27H,3-6H2,1-2H3,(H,29,30)/t24-/m0/s1. The minimum atomic E-state index is -1.15. The van der Waals surface area contributed by atoms with Gasteiger partial charge in [-0.1, -0.05) is 24.4 Å². The summed E-state index contributed by atoms with van der Waals surface area (Å²) in [6, 6.07) is 11.4. The fourth-order valence-electron chi connectivity index (χ4n) is 5.03. The topological polar surface area (TPSA) is 79.5 Å². The first-order valence-electron chi connectivity index (χ1n) is 10.1. The molecule has 30 heavy (non-hydrogen) atoms. The number of halogens is 1. The molecular weight excluding hydrogens is 402 g/mol. The number of benzene rings is 2. The smallest absolute Gasteiger partial charge is 0.314 e. The monoisotopic (exact) mass is 425 g/mol. The third-order valence-electron chi connectivity index (χ3n) is 6.62. The molecule has 5 nitrogen and oxygen atoms in total. The summed E-state index contributed by atoms with van der Waals surface area (Å²) in [7, 11) is 0. The van der Waals surface area contributed by atoms with E-state index in [1.54, 1.807) is 54.8 Å². The number of hydrogen-bond acceptors (Lipinski definition) is 3. The molecule has 2 aromatic carbocycles. The van der Waals surface area contributed by atoms with Crippen LogP contribution in [0.25, 0.3) is 10.9 Å². The number of hydrogen-bond donors (Lipinski definition) is 2. The number of aromatic hydroxyl groups is 1. The first-order valence-corrected chi connectivity index (χ1v) is 10.5. The van der Waals surface area contributed by atoms with Gasteiger partial charge in [-0.05, 0) is 80.6 Å². The van der Waals surface area contributed by atoms with Crippen LogP contribution in [-0.4, -0.2) is 26.7 Å². The number of fused-ring (bicyclic) bond motifs is 1. The van der Waals surface area contributed by atoms with Crippen LogP contribution in [-0.2, 0) is 10.2 Å². The molecule has 1 aromatic heterocycles. The third-order valence-corrected chi connectivity index (χ3v) is 6.87. The van der Waals surface area contributed by atoms with E-state index < -0.39 is 11.4 Å². The van der Waals surface area contributed by atoms with Gasteiger partial charge in [-0.25, -0.2) is 0 Å². The lowest BCUT2D eigenvalue weighted by Gasteiger charge is -2.32. The molecule has 1 aliphatic carbocycles. The maximum atomic E-state index is 13.4. The van der Waals surface area contributed by atoms with E-state index in [0.717, 1.165) is 25.7 Å². The number of carboxylic acids is 1. The summed E-state index contributed by atoms with van der Waals surface area (Å²) in [5.74, 6) is -1.15. The fraction of sp³-hybridized carbons (Fsp3) is 0.333. The van der Waals surface area contributed by atoms with Crippen molar-refractivity contribution in [3.63, 3.8) is 0 Å². The summed E-state index contributed by atoms with van der Waals surface area (Å²) in [6.45, 7) is 3.55. The van der Waals surface area contributed by atoms with E-state index in [0.29, 0.717) is 32.7 Å². The molecule has 2 N–H and O–H groups in total. The van der Waals surface area contributed by atoms with Gasteiger partial charge in [0.25, 0.3) is 5.91 Å². The van der Waals surface area contributed by atoms with E-state index in [4.69, 9.17) is 11.6 Å². The van der Waals surface area contributed by atoms with E-state index >= 15 is 0 Å².